The topological polar surface area (TPSA) is 200 Å². The minimum Gasteiger partial charge on any atom is -0.469 e. The lowest BCUT2D eigenvalue weighted by atomic mass is 10.0. The molecule has 59 heavy (non-hydrogen) atoms. The maximum atomic E-state index is 16.4. The molecule has 8 rings (SSSR count). The lowest BCUT2D eigenvalue weighted by Gasteiger charge is -2.31. The number of aliphatic hydroxyl groups is 2. The number of methoxy groups -OCH3 is 1. The Morgan fingerprint density at radius 2 is 1.71 bits per heavy atom. The number of nitrogens with zero attached hydrogens (tertiary/aromatic N) is 5. The van der Waals surface area contributed by atoms with Gasteiger partial charge in [0.05, 0.1) is 70.8 Å². The van der Waals surface area contributed by atoms with Crippen LogP contribution in [0.3, 0.4) is 0 Å². The molecule has 0 radical (unpaired) electrons. The highest BCUT2D eigenvalue weighted by molar-refractivity contribution is 5.92. The fourth-order valence-electron chi connectivity index (χ4n) is 8.81. The Morgan fingerprint density at radius 3 is 2.39 bits per heavy atom. The predicted octanol–water partition coefficient (Wildman–Crippen LogP) is 5.35. The number of aromatic nitrogens is 5. The molecule has 3 aliphatic heterocycles. The number of carbonyl (C=O) groups excluding carboxylic acids is 2. The summed E-state index contributed by atoms with van der Waals surface area (Å²) in [6, 6.07) is 9.26. The van der Waals surface area contributed by atoms with Crippen molar-refractivity contribution in [3.63, 3.8) is 0 Å². The first-order valence-corrected chi connectivity index (χ1v) is 20.5. The van der Waals surface area contributed by atoms with Gasteiger partial charge in [-0.05, 0) is 55.0 Å². The van der Waals surface area contributed by atoms with Crippen LogP contribution in [0.5, 0.6) is 5.75 Å². The molecule has 5 aromatic rings. The molecule has 7 unspecified atom stereocenters. The van der Waals surface area contributed by atoms with Crippen LogP contribution in [-0.2, 0) is 14.3 Å². The van der Waals surface area contributed by atoms with Crippen LogP contribution in [0.15, 0.2) is 48.8 Å². The quantitative estimate of drug-likeness (QED) is 0.0894. The monoisotopic (exact) mass is 811 g/mol. The number of aliphatic hydroxyl groups excluding tert-OH is 2. The lowest BCUT2D eigenvalue weighted by molar-refractivity contribution is -0.145. The van der Waals surface area contributed by atoms with Crippen molar-refractivity contribution in [2.45, 2.75) is 103 Å². The fourth-order valence-corrected chi connectivity index (χ4v) is 8.81. The summed E-state index contributed by atoms with van der Waals surface area (Å²) in [5, 5.41) is 24.4. The van der Waals surface area contributed by atoms with Crippen molar-refractivity contribution < 1.29 is 33.7 Å². The number of imidazole rings is 2. The number of carbonyl (C=O) groups is 2. The van der Waals surface area contributed by atoms with Crippen LogP contribution >= 0.6 is 0 Å². The molecule has 6 heterocycles. The molecule has 2 saturated heterocycles. The van der Waals surface area contributed by atoms with Crippen LogP contribution in [0.4, 0.5) is 4.39 Å². The van der Waals surface area contributed by atoms with E-state index in [1.165, 1.54) is 13.2 Å². The van der Waals surface area contributed by atoms with Crippen molar-refractivity contribution in [2.75, 3.05) is 20.2 Å². The Labute approximate surface area is 342 Å². The van der Waals surface area contributed by atoms with Gasteiger partial charge < -0.3 is 49.8 Å². The molecule has 314 valence electrons. The van der Waals surface area contributed by atoms with E-state index in [0.29, 0.717) is 59.3 Å². The number of halogens is 1. The van der Waals surface area contributed by atoms with Crippen molar-refractivity contribution in [1.82, 2.24) is 39.6 Å². The van der Waals surface area contributed by atoms with E-state index in [-0.39, 0.29) is 36.2 Å². The number of ether oxygens (including phenoxy) is 2. The molecule has 15 nitrogen and oxygen atoms in total. The van der Waals surface area contributed by atoms with E-state index < -0.39 is 42.7 Å². The number of nitrogens with one attached hydrogen (secondary N) is 3. The van der Waals surface area contributed by atoms with Gasteiger partial charge in [0.25, 0.3) is 0 Å². The minimum atomic E-state index is -1.25. The third kappa shape index (κ3) is 7.41. The standard InChI is InChI=1S/C43H54FN9O6/c1-7-35-53-30-11-10-23(28-18-46-39(48-28)31-9-8-12-51(31)42(56)38(22(4)5)50-43(57)58-6)13-25(30)15-32(53)36-27(44)14-24(16-34(36)59-35)29-19-47-40(49-29)33-17-26(54)20-52(33)41(55)37(45)21(2)3/h10-11,13-16,18-19,21-22,26,31,33,35,37-38,43,50,54,57H,7-9,12,17,20,45H2,1-6H3,(H,46,48)(H,47,49). The first-order valence-electron chi connectivity index (χ1n) is 20.5. The van der Waals surface area contributed by atoms with Crippen LogP contribution in [-0.4, -0.2) is 101 Å². The smallest absolute Gasteiger partial charge is 0.240 e. The average Bonchev–Trinajstić information content (AvgIpc) is 4.07. The van der Waals surface area contributed by atoms with Crippen molar-refractivity contribution >= 4 is 22.7 Å². The average molecular weight is 812 g/mol. The number of fused-ring (bicyclic) bond motifs is 5. The SMILES string of the molecule is CCC1Oc2cc(-c3cnc(C4CC(O)CN4C(=O)C(N)C(C)C)[nH]3)cc(F)c2-c2cc3cc(-c4cnc(C5CCCN5C(=O)C(NC(O)OC)C(C)C)[nH]4)ccc3n21. The van der Waals surface area contributed by atoms with Gasteiger partial charge in [-0.2, -0.15) is 0 Å². The number of likely N-dealkylation sites (tertiary alicyclic amines) is 2. The normalized spacial score (nSPS) is 21.9. The summed E-state index contributed by atoms with van der Waals surface area (Å²) >= 11 is 0. The highest BCUT2D eigenvalue weighted by Gasteiger charge is 2.40. The largest absolute Gasteiger partial charge is 0.469 e. The van der Waals surface area contributed by atoms with Crippen molar-refractivity contribution in [2.24, 2.45) is 17.6 Å². The van der Waals surface area contributed by atoms with Crippen LogP contribution < -0.4 is 15.8 Å². The Morgan fingerprint density at radius 1 is 1.00 bits per heavy atom. The molecule has 2 aromatic carbocycles. The summed E-state index contributed by atoms with van der Waals surface area (Å²) < 4.78 is 29.9. The van der Waals surface area contributed by atoms with Gasteiger partial charge >= 0.3 is 0 Å². The van der Waals surface area contributed by atoms with Crippen LogP contribution in [0.2, 0.25) is 0 Å². The molecule has 7 N–H and O–H groups in total. The summed E-state index contributed by atoms with van der Waals surface area (Å²) in [6.07, 6.45) is 3.57. The van der Waals surface area contributed by atoms with E-state index in [1.54, 1.807) is 17.3 Å². The van der Waals surface area contributed by atoms with E-state index >= 15 is 4.39 Å². The van der Waals surface area contributed by atoms with Gasteiger partial charge in [0.1, 0.15) is 23.2 Å². The summed E-state index contributed by atoms with van der Waals surface area (Å²) in [6.45, 7) is 10.4. The van der Waals surface area contributed by atoms with Crippen molar-refractivity contribution in [3.8, 4) is 39.5 Å². The molecule has 2 fully saturated rings. The molecule has 3 aromatic heterocycles. The van der Waals surface area contributed by atoms with Gasteiger partial charge in [-0.1, -0.05) is 40.7 Å². The molecule has 0 spiro atoms. The third-order valence-corrected chi connectivity index (χ3v) is 12.1. The summed E-state index contributed by atoms with van der Waals surface area (Å²) in [7, 11) is 1.38. The molecular weight excluding hydrogens is 758 g/mol. The number of hydrogen-bond donors (Lipinski definition) is 6. The molecule has 2 amide bonds. The maximum absolute atomic E-state index is 16.4. The molecule has 3 aliphatic rings. The summed E-state index contributed by atoms with van der Waals surface area (Å²) in [5.41, 5.74) is 10.9. The van der Waals surface area contributed by atoms with E-state index in [1.807, 2.05) is 74.4 Å². The van der Waals surface area contributed by atoms with Crippen LogP contribution in [0.1, 0.15) is 90.3 Å². The number of benzene rings is 2. The number of hydrogen-bond acceptors (Lipinski definition) is 10. The second kappa shape index (κ2) is 16.1. The number of nitrogens with two attached hydrogens (primary N) is 1. The Hall–Kier alpha value is -5.13. The van der Waals surface area contributed by atoms with Gasteiger partial charge in [-0.25, -0.2) is 14.4 Å². The predicted molar refractivity (Wildman–Crippen MR) is 219 cm³/mol. The first kappa shape index (κ1) is 40.6. The van der Waals surface area contributed by atoms with E-state index in [9.17, 15) is 19.8 Å². The van der Waals surface area contributed by atoms with Gasteiger partial charge in [-0.15, -0.1) is 0 Å². The Balaban J connectivity index is 1.06. The molecular formula is C43H54FN9O6. The molecule has 0 saturated carbocycles. The molecule has 7 atom stereocenters. The fraction of sp³-hybridized carbons (Fsp3) is 0.488. The lowest BCUT2D eigenvalue weighted by Crippen LogP contribution is -2.52. The minimum absolute atomic E-state index is 0.0672. The summed E-state index contributed by atoms with van der Waals surface area (Å²) in [5.74, 6) is 0.640. The molecule has 0 bridgehead atoms. The number of aromatic amines is 2. The van der Waals surface area contributed by atoms with Crippen molar-refractivity contribution in [1.29, 1.82) is 0 Å². The highest BCUT2D eigenvalue weighted by atomic mass is 19.1. The summed E-state index contributed by atoms with van der Waals surface area (Å²) in [4.78, 5) is 46.4. The van der Waals surface area contributed by atoms with Gasteiger partial charge in [0.15, 0.2) is 6.23 Å². The van der Waals surface area contributed by atoms with Crippen molar-refractivity contribution in [3.05, 3.63) is 66.3 Å². The van der Waals surface area contributed by atoms with Gasteiger partial charge in [0, 0.05) is 49.6 Å². The molecule has 16 heteroatoms. The third-order valence-electron chi connectivity index (χ3n) is 12.1. The highest BCUT2D eigenvalue weighted by Crippen LogP contribution is 2.47. The van der Waals surface area contributed by atoms with E-state index in [0.717, 1.165) is 35.0 Å². The van der Waals surface area contributed by atoms with Gasteiger partial charge in [-0.3, -0.25) is 14.9 Å². The second-order valence-electron chi connectivity index (χ2n) is 16.7. The zero-order valence-corrected chi connectivity index (χ0v) is 34.3. The number of H-pyrrole nitrogens is 2. The Bertz CT molecular complexity index is 2350. The number of amides is 2. The Kier molecular flexibility index (Phi) is 11.1. The first-order chi connectivity index (χ1) is 28.3. The second-order valence-corrected chi connectivity index (χ2v) is 16.7. The van der Waals surface area contributed by atoms with E-state index in [4.69, 9.17) is 20.2 Å². The molecule has 0 aliphatic carbocycles. The number of β-amino-alcohol motifs (C(OH)–C–C–N with tert-alkyl or cyclic N) is 1. The van der Waals surface area contributed by atoms with Crippen LogP contribution in [0, 0.1) is 17.7 Å². The zero-order valence-electron chi connectivity index (χ0n) is 34.3. The van der Waals surface area contributed by atoms with Crippen LogP contribution in [0.25, 0.3) is 44.7 Å². The van der Waals surface area contributed by atoms with Gasteiger partial charge in [0.2, 0.25) is 18.2 Å². The van der Waals surface area contributed by atoms with E-state index in [2.05, 4.69) is 20.3 Å². The number of rotatable bonds is 12. The maximum Gasteiger partial charge on any atom is 0.240 e. The zero-order chi connectivity index (χ0) is 41.9.